The summed E-state index contributed by atoms with van der Waals surface area (Å²) < 4.78 is 0. The number of halogens is 1. The van der Waals surface area contributed by atoms with Gasteiger partial charge in [0.15, 0.2) is 0 Å². The summed E-state index contributed by atoms with van der Waals surface area (Å²) in [5, 5.41) is 12.1. The van der Waals surface area contributed by atoms with E-state index in [-0.39, 0.29) is 5.69 Å². The molecule has 0 bridgehead atoms. The van der Waals surface area contributed by atoms with Gasteiger partial charge >= 0.3 is 0 Å². The van der Waals surface area contributed by atoms with Crippen LogP contribution in [0.25, 0.3) is 10.9 Å². The molecule has 0 unspecified atom stereocenters. The maximum Gasteiger partial charge on any atom is 0.270 e. The first-order valence-corrected chi connectivity index (χ1v) is 6.30. The van der Waals surface area contributed by atoms with E-state index < -0.39 is 4.92 Å². The Morgan fingerprint density at radius 3 is 2.83 bits per heavy atom. The fourth-order valence-electron chi connectivity index (χ4n) is 2.47. The lowest BCUT2D eigenvalue weighted by molar-refractivity contribution is -0.384. The van der Waals surface area contributed by atoms with Crippen LogP contribution in [0.4, 0.5) is 5.69 Å². The quantitative estimate of drug-likeness (QED) is 0.582. The number of hydrogen-bond acceptors (Lipinski definition) is 3. The van der Waals surface area contributed by atoms with Gasteiger partial charge in [-0.05, 0) is 37.3 Å². The predicted molar refractivity (Wildman–Crippen MR) is 70.0 cm³/mol. The van der Waals surface area contributed by atoms with Crippen LogP contribution in [0.3, 0.4) is 0 Å². The lowest BCUT2D eigenvalue weighted by Gasteiger charge is -2.17. The van der Waals surface area contributed by atoms with Crippen LogP contribution in [0.1, 0.15) is 24.1 Å². The lowest BCUT2D eigenvalue weighted by Crippen LogP contribution is -2.06. The zero-order chi connectivity index (χ0) is 12.7. The molecule has 1 heterocycles. The van der Waals surface area contributed by atoms with Gasteiger partial charge in [0.25, 0.3) is 5.69 Å². The maximum absolute atomic E-state index is 10.8. The van der Waals surface area contributed by atoms with Gasteiger partial charge in [0, 0.05) is 23.2 Å². The van der Waals surface area contributed by atoms with Crippen molar-refractivity contribution in [3.63, 3.8) is 0 Å². The first-order valence-electron chi connectivity index (χ1n) is 5.92. The minimum absolute atomic E-state index is 0.0574. The van der Waals surface area contributed by atoms with Crippen molar-refractivity contribution in [1.82, 2.24) is 4.98 Å². The summed E-state index contributed by atoms with van der Waals surface area (Å²) in [7, 11) is 0. The molecular weight excluding hydrogens is 252 g/mol. The van der Waals surface area contributed by atoms with E-state index in [9.17, 15) is 10.1 Å². The van der Waals surface area contributed by atoms with Crippen LogP contribution >= 0.6 is 11.6 Å². The van der Waals surface area contributed by atoms with E-state index in [0.29, 0.717) is 10.4 Å². The van der Waals surface area contributed by atoms with Gasteiger partial charge in [0.1, 0.15) is 0 Å². The summed E-state index contributed by atoms with van der Waals surface area (Å²) in [6.45, 7) is 0. The summed E-state index contributed by atoms with van der Waals surface area (Å²) in [6.07, 6.45) is 4.10. The van der Waals surface area contributed by atoms with E-state index >= 15 is 0 Å². The minimum atomic E-state index is -0.408. The van der Waals surface area contributed by atoms with Crippen LogP contribution in [0.2, 0.25) is 5.02 Å². The Morgan fingerprint density at radius 2 is 2.06 bits per heavy atom. The zero-order valence-electron chi connectivity index (χ0n) is 9.65. The molecule has 0 amide bonds. The average Bonchev–Trinajstić information content (AvgIpc) is 2.38. The summed E-state index contributed by atoms with van der Waals surface area (Å²) >= 11 is 6.37. The van der Waals surface area contributed by atoms with Crippen LogP contribution < -0.4 is 0 Å². The lowest BCUT2D eigenvalue weighted by atomic mass is 9.94. The largest absolute Gasteiger partial charge is 0.270 e. The van der Waals surface area contributed by atoms with Crippen LogP contribution in [0, 0.1) is 10.1 Å². The molecule has 1 aliphatic rings. The molecule has 2 aromatic rings. The number of non-ortho nitro benzene ring substituents is 1. The normalized spacial score (nSPS) is 14.5. The standard InChI is InChI=1S/C13H11ClN2O2/c14-13-9-3-1-2-4-11(9)15-12-6-5-8(16(17)18)7-10(12)13/h5-7H,1-4H2. The van der Waals surface area contributed by atoms with Crippen LogP contribution in [0.5, 0.6) is 0 Å². The van der Waals surface area contributed by atoms with Gasteiger partial charge in [-0.25, -0.2) is 0 Å². The molecule has 5 heteroatoms. The van der Waals surface area contributed by atoms with Crippen molar-refractivity contribution >= 4 is 28.2 Å². The molecule has 0 atom stereocenters. The van der Waals surface area contributed by atoms with Gasteiger partial charge in [-0.3, -0.25) is 15.1 Å². The SMILES string of the molecule is O=[N+]([O-])c1ccc2nc3c(c(Cl)c2c1)CCCC3. The third-order valence-corrected chi connectivity index (χ3v) is 3.82. The van der Waals surface area contributed by atoms with Crippen LogP contribution in [-0.4, -0.2) is 9.91 Å². The van der Waals surface area contributed by atoms with E-state index in [1.54, 1.807) is 6.07 Å². The fraction of sp³-hybridized carbons (Fsp3) is 0.308. The Morgan fingerprint density at radius 1 is 1.28 bits per heavy atom. The fourth-order valence-corrected chi connectivity index (χ4v) is 2.82. The number of rotatable bonds is 1. The van der Waals surface area contributed by atoms with Crippen LogP contribution in [-0.2, 0) is 12.8 Å². The van der Waals surface area contributed by atoms with Gasteiger partial charge in [0.2, 0.25) is 0 Å². The topological polar surface area (TPSA) is 56.0 Å². The molecule has 0 saturated heterocycles. The molecule has 1 aliphatic carbocycles. The highest BCUT2D eigenvalue weighted by atomic mass is 35.5. The van der Waals surface area contributed by atoms with E-state index in [1.807, 2.05) is 0 Å². The monoisotopic (exact) mass is 262 g/mol. The summed E-state index contributed by atoms with van der Waals surface area (Å²) in [5.41, 5.74) is 2.91. The van der Waals surface area contributed by atoms with Crippen molar-refractivity contribution in [3.8, 4) is 0 Å². The third kappa shape index (κ3) is 1.73. The molecule has 1 aromatic carbocycles. The Hall–Kier alpha value is -1.68. The van der Waals surface area contributed by atoms with Gasteiger partial charge in [0.05, 0.1) is 15.5 Å². The molecule has 0 spiro atoms. The number of fused-ring (bicyclic) bond motifs is 2. The number of aromatic nitrogens is 1. The summed E-state index contributed by atoms with van der Waals surface area (Å²) in [6, 6.07) is 4.66. The van der Waals surface area contributed by atoms with Crippen molar-refractivity contribution < 1.29 is 4.92 Å². The second kappa shape index (κ2) is 4.21. The second-order valence-electron chi connectivity index (χ2n) is 4.52. The Kier molecular flexibility index (Phi) is 2.67. The van der Waals surface area contributed by atoms with Gasteiger partial charge < -0.3 is 0 Å². The van der Waals surface area contributed by atoms with Crippen LogP contribution in [0.15, 0.2) is 18.2 Å². The molecule has 4 nitrogen and oxygen atoms in total. The number of nitro groups is 1. The van der Waals surface area contributed by atoms with E-state index in [4.69, 9.17) is 11.6 Å². The second-order valence-corrected chi connectivity index (χ2v) is 4.89. The van der Waals surface area contributed by atoms with Crippen molar-refractivity contribution in [3.05, 3.63) is 44.6 Å². The average molecular weight is 263 g/mol. The van der Waals surface area contributed by atoms with Gasteiger partial charge in [-0.1, -0.05) is 11.6 Å². The van der Waals surface area contributed by atoms with E-state index in [1.165, 1.54) is 12.1 Å². The number of nitrogens with zero attached hydrogens (tertiary/aromatic N) is 2. The van der Waals surface area contributed by atoms with Crippen molar-refractivity contribution in [2.75, 3.05) is 0 Å². The molecule has 0 saturated carbocycles. The van der Waals surface area contributed by atoms with Crippen molar-refractivity contribution in [2.45, 2.75) is 25.7 Å². The number of benzene rings is 1. The molecule has 0 radical (unpaired) electrons. The van der Waals surface area contributed by atoms with Crippen molar-refractivity contribution in [1.29, 1.82) is 0 Å². The van der Waals surface area contributed by atoms with Crippen molar-refractivity contribution in [2.24, 2.45) is 0 Å². The Bertz CT molecular complexity index is 655. The summed E-state index contributed by atoms with van der Waals surface area (Å²) in [5.74, 6) is 0. The highest BCUT2D eigenvalue weighted by Crippen LogP contribution is 2.34. The molecule has 0 fully saturated rings. The molecule has 92 valence electrons. The summed E-state index contributed by atoms with van der Waals surface area (Å²) in [4.78, 5) is 14.9. The minimum Gasteiger partial charge on any atom is -0.258 e. The van der Waals surface area contributed by atoms with E-state index in [2.05, 4.69) is 4.98 Å². The highest BCUT2D eigenvalue weighted by Gasteiger charge is 2.18. The smallest absolute Gasteiger partial charge is 0.258 e. The number of hydrogen-bond donors (Lipinski definition) is 0. The molecule has 3 rings (SSSR count). The predicted octanol–water partition coefficient (Wildman–Crippen LogP) is 3.68. The van der Waals surface area contributed by atoms with E-state index in [0.717, 1.165) is 42.5 Å². The Balaban J connectivity index is 2.29. The first kappa shape index (κ1) is 11.4. The molecular formula is C13H11ClN2O2. The number of nitro benzene ring substituents is 1. The van der Waals surface area contributed by atoms with Gasteiger partial charge in [-0.15, -0.1) is 0 Å². The first-order chi connectivity index (χ1) is 8.66. The number of aryl methyl sites for hydroxylation is 1. The van der Waals surface area contributed by atoms with Gasteiger partial charge in [-0.2, -0.15) is 0 Å². The molecule has 18 heavy (non-hydrogen) atoms. The highest BCUT2D eigenvalue weighted by molar-refractivity contribution is 6.36. The number of pyridine rings is 1. The Labute approximate surface area is 109 Å². The third-order valence-electron chi connectivity index (χ3n) is 3.39. The molecule has 0 N–H and O–H groups in total. The maximum atomic E-state index is 10.8. The molecule has 0 aliphatic heterocycles. The zero-order valence-corrected chi connectivity index (χ0v) is 10.4. The molecule has 1 aromatic heterocycles.